The summed E-state index contributed by atoms with van der Waals surface area (Å²) in [6, 6.07) is 96.3. The topological polar surface area (TPSA) is 24.9 Å². The number of hydrogen-bond donors (Lipinski definition) is 0. The predicted molar refractivity (Wildman–Crippen MR) is 327 cm³/mol. The number of methoxy groups -OCH3 is 2. The summed E-state index contributed by atoms with van der Waals surface area (Å²) in [7, 11) is 3.39. The number of benzene rings is 12. The molecule has 0 radical (unpaired) electrons. The van der Waals surface area contributed by atoms with Gasteiger partial charge in [0.25, 0.3) is 0 Å². The number of nitrogens with zero attached hydrogens (tertiary/aromatic N) is 2. The average Bonchev–Trinajstić information content (AvgIpc) is 4.11. The van der Waals surface area contributed by atoms with E-state index in [0.29, 0.717) is 0 Å². The zero-order valence-corrected chi connectivity index (χ0v) is 43.3. The molecule has 2 aliphatic rings. The van der Waals surface area contributed by atoms with E-state index < -0.39 is 0 Å². The molecule has 0 amide bonds. The van der Waals surface area contributed by atoms with Gasteiger partial charge in [0.2, 0.25) is 0 Å². The van der Waals surface area contributed by atoms with E-state index in [1.165, 1.54) is 88.3 Å². The van der Waals surface area contributed by atoms with Crippen molar-refractivity contribution < 1.29 is 9.47 Å². The first kappa shape index (κ1) is 46.4. The quantitative estimate of drug-likeness (QED) is 0.121. The lowest BCUT2D eigenvalue weighted by molar-refractivity contribution is 0.415. The smallest absolute Gasteiger partial charge is 0.119 e. The van der Waals surface area contributed by atoms with Crippen LogP contribution in [0.4, 0.5) is 34.1 Å². The molecule has 4 nitrogen and oxygen atoms in total. The fourth-order valence-electron chi connectivity index (χ4n) is 12.0. The zero-order valence-electron chi connectivity index (χ0n) is 43.3. The van der Waals surface area contributed by atoms with Crippen LogP contribution in [0.25, 0.3) is 78.2 Å². The minimum atomic E-state index is 0.804. The molecule has 0 aliphatic heterocycles. The van der Waals surface area contributed by atoms with Crippen molar-refractivity contribution in [1.29, 1.82) is 0 Å². The van der Waals surface area contributed by atoms with E-state index in [9.17, 15) is 0 Å². The Bertz CT molecular complexity index is 4110. The summed E-state index contributed by atoms with van der Waals surface area (Å²) in [5.74, 6) is 1.61. The maximum absolute atomic E-state index is 5.56. The number of fused-ring (bicyclic) bond motifs is 8. The van der Waals surface area contributed by atoms with Gasteiger partial charge in [-0.3, -0.25) is 0 Å². The van der Waals surface area contributed by atoms with Crippen molar-refractivity contribution in [1.82, 2.24) is 0 Å². The normalized spacial score (nSPS) is 11.9. The highest BCUT2D eigenvalue weighted by Crippen LogP contribution is 2.49. The second-order valence-electron chi connectivity index (χ2n) is 19.9. The molecule has 0 fully saturated rings. The molecule has 4 heteroatoms. The van der Waals surface area contributed by atoms with Crippen LogP contribution in [0.2, 0.25) is 0 Å². The molecule has 370 valence electrons. The first-order chi connectivity index (χ1) is 38.6. The van der Waals surface area contributed by atoms with Gasteiger partial charge in [-0.2, -0.15) is 0 Å². The molecule has 0 N–H and O–H groups in total. The van der Waals surface area contributed by atoms with Crippen LogP contribution in [0.5, 0.6) is 11.5 Å². The van der Waals surface area contributed by atoms with Crippen molar-refractivity contribution in [3.05, 3.63) is 300 Å². The van der Waals surface area contributed by atoms with Gasteiger partial charge in [-0.25, -0.2) is 0 Å². The molecule has 0 saturated carbocycles. The zero-order chi connectivity index (χ0) is 52.1. The highest BCUT2D eigenvalue weighted by Gasteiger charge is 2.26. The number of hydrogen-bond acceptors (Lipinski definition) is 4. The van der Waals surface area contributed by atoms with Crippen molar-refractivity contribution in [2.75, 3.05) is 24.0 Å². The predicted octanol–water partition coefficient (Wildman–Crippen LogP) is 19.8. The summed E-state index contributed by atoms with van der Waals surface area (Å²) >= 11 is 0. The van der Waals surface area contributed by atoms with Crippen LogP contribution in [0.3, 0.4) is 0 Å². The first-order valence-corrected chi connectivity index (χ1v) is 26.5. The highest BCUT2D eigenvalue weighted by atomic mass is 16.5. The lowest BCUT2D eigenvalue weighted by Crippen LogP contribution is -2.12. The Morgan fingerprint density at radius 1 is 0.269 bits per heavy atom. The van der Waals surface area contributed by atoms with E-state index in [0.717, 1.165) is 56.8 Å². The summed E-state index contributed by atoms with van der Waals surface area (Å²) in [5.41, 5.74) is 23.6. The number of anilines is 6. The largest absolute Gasteiger partial charge is 0.497 e. The molecular formula is C74H52N2O2. The Morgan fingerprint density at radius 3 is 0.910 bits per heavy atom. The lowest BCUT2D eigenvalue weighted by atomic mass is 9.87. The monoisotopic (exact) mass is 1000 g/mol. The van der Waals surface area contributed by atoms with E-state index in [2.05, 4.69) is 265 Å². The fraction of sp³-hybridized carbons (Fsp3) is 0.0270. The lowest BCUT2D eigenvalue weighted by Gasteiger charge is -2.28. The van der Waals surface area contributed by atoms with Crippen LogP contribution < -0.4 is 19.3 Å². The summed E-state index contributed by atoms with van der Waals surface area (Å²) in [5, 5.41) is 4.89. The maximum atomic E-state index is 5.56. The second-order valence-corrected chi connectivity index (χ2v) is 19.9. The molecule has 12 aromatic carbocycles. The van der Waals surface area contributed by atoms with Gasteiger partial charge in [-0.15, -0.1) is 0 Å². The van der Waals surface area contributed by atoms with Gasteiger partial charge < -0.3 is 19.3 Å². The van der Waals surface area contributed by atoms with Gasteiger partial charge in [-0.05, 0) is 209 Å². The first-order valence-electron chi connectivity index (χ1n) is 26.5. The van der Waals surface area contributed by atoms with Gasteiger partial charge in [-0.1, -0.05) is 170 Å². The Labute approximate surface area is 455 Å². The van der Waals surface area contributed by atoms with E-state index in [-0.39, 0.29) is 0 Å². The van der Waals surface area contributed by atoms with Crippen LogP contribution in [0.15, 0.2) is 267 Å². The van der Waals surface area contributed by atoms with Crippen molar-refractivity contribution >= 4 is 79.0 Å². The molecule has 78 heavy (non-hydrogen) atoms. The minimum absolute atomic E-state index is 0.804. The summed E-state index contributed by atoms with van der Waals surface area (Å²) < 4.78 is 11.1. The third kappa shape index (κ3) is 8.01. The van der Waals surface area contributed by atoms with Gasteiger partial charge in [0, 0.05) is 34.1 Å². The standard InChI is InChI=1S/C74H52N2O2/c1-77-57-43-39-55(40-44-57)76(56-41-45-58(78-2)46-42-56)54-37-35-53(36-38-54)75(51-31-27-49(28-32-51)47-71-63-19-7-3-15-59(63)60-16-4-8-20-64(60)71)52-33-29-50(30-34-52)74-69-25-13-11-23-67(69)73(68-24-12-14-26-70(68)74)48-72-65-21-9-5-17-61(65)62-18-6-10-22-66(62)72/h3-48H,1-2H3. The molecule has 0 bridgehead atoms. The Balaban J connectivity index is 0.881. The van der Waals surface area contributed by atoms with E-state index >= 15 is 0 Å². The van der Waals surface area contributed by atoms with Crippen molar-refractivity contribution in [2.45, 2.75) is 0 Å². The summed E-state index contributed by atoms with van der Waals surface area (Å²) in [4.78, 5) is 4.61. The molecule has 0 heterocycles. The molecule has 0 aromatic heterocycles. The van der Waals surface area contributed by atoms with E-state index in [1.54, 1.807) is 14.2 Å². The van der Waals surface area contributed by atoms with Crippen molar-refractivity contribution in [2.24, 2.45) is 0 Å². The third-order valence-electron chi connectivity index (χ3n) is 15.6. The average molecular weight is 1000 g/mol. The third-order valence-corrected chi connectivity index (χ3v) is 15.6. The molecule has 0 saturated heterocycles. The van der Waals surface area contributed by atoms with Gasteiger partial charge in [0.1, 0.15) is 11.5 Å². The van der Waals surface area contributed by atoms with Crippen molar-refractivity contribution in [3.8, 4) is 44.9 Å². The van der Waals surface area contributed by atoms with E-state index in [1.807, 2.05) is 24.3 Å². The van der Waals surface area contributed by atoms with Gasteiger partial charge in [0.05, 0.1) is 14.2 Å². The Hall–Kier alpha value is -10.2. The number of rotatable bonds is 11. The van der Waals surface area contributed by atoms with Crippen LogP contribution in [-0.4, -0.2) is 14.2 Å². The molecule has 0 spiro atoms. The molecular weight excluding hydrogens is 949 g/mol. The molecule has 2 aliphatic carbocycles. The summed E-state index contributed by atoms with van der Waals surface area (Å²) in [6.45, 7) is 0. The van der Waals surface area contributed by atoms with Gasteiger partial charge in [0.15, 0.2) is 0 Å². The Kier molecular flexibility index (Phi) is 11.6. The summed E-state index contributed by atoms with van der Waals surface area (Å²) in [6.07, 6.45) is 4.77. The minimum Gasteiger partial charge on any atom is -0.497 e. The molecule has 0 unspecified atom stereocenters. The van der Waals surface area contributed by atoms with Crippen LogP contribution in [-0.2, 0) is 0 Å². The van der Waals surface area contributed by atoms with Crippen LogP contribution in [0.1, 0.15) is 33.4 Å². The van der Waals surface area contributed by atoms with Crippen molar-refractivity contribution in [3.63, 3.8) is 0 Å². The fourth-order valence-corrected chi connectivity index (χ4v) is 12.0. The SMILES string of the molecule is COc1ccc(N(c2ccc(OC)cc2)c2ccc(N(c3ccc(C=C4c5ccccc5-c5ccccc54)cc3)c3ccc(-c4c5ccccc5c(C=C5c6ccccc6-c6ccccc65)c5ccccc45)cc3)cc2)cc1. The molecule has 12 aromatic rings. The van der Waals surface area contributed by atoms with E-state index in [4.69, 9.17) is 9.47 Å². The Morgan fingerprint density at radius 2 is 0.551 bits per heavy atom. The second kappa shape index (κ2) is 19.5. The maximum Gasteiger partial charge on any atom is 0.119 e. The highest BCUT2D eigenvalue weighted by molar-refractivity contribution is 6.20. The van der Waals surface area contributed by atoms with Crippen LogP contribution >= 0.6 is 0 Å². The molecule has 0 atom stereocenters. The van der Waals surface area contributed by atoms with Crippen LogP contribution in [0, 0.1) is 0 Å². The number of ether oxygens (including phenoxy) is 2. The van der Waals surface area contributed by atoms with Gasteiger partial charge >= 0.3 is 0 Å². The molecule has 14 rings (SSSR count).